The summed E-state index contributed by atoms with van der Waals surface area (Å²) in [5.74, 6) is 0.852. The van der Waals surface area contributed by atoms with Crippen molar-refractivity contribution in [1.29, 1.82) is 0 Å². The van der Waals surface area contributed by atoms with Gasteiger partial charge in [0.25, 0.3) is 5.91 Å². The van der Waals surface area contributed by atoms with Crippen molar-refractivity contribution in [3.8, 4) is 11.5 Å². The Morgan fingerprint density at radius 2 is 1.67 bits per heavy atom. The number of benzene rings is 3. The molecule has 27 heavy (non-hydrogen) atoms. The average molecular weight is 365 g/mol. The van der Waals surface area contributed by atoms with Crippen molar-refractivity contribution in [2.75, 3.05) is 7.11 Å². The van der Waals surface area contributed by atoms with Crippen LogP contribution in [0.5, 0.6) is 11.5 Å². The van der Waals surface area contributed by atoms with Crippen LogP contribution in [0.3, 0.4) is 0 Å². The highest BCUT2D eigenvalue weighted by molar-refractivity contribution is 5.94. The molecule has 3 rings (SSSR count). The summed E-state index contributed by atoms with van der Waals surface area (Å²) in [7, 11) is 1.61. The number of hydrogen-bond acceptors (Lipinski definition) is 3. The van der Waals surface area contributed by atoms with E-state index in [-0.39, 0.29) is 11.7 Å². The lowest BCUT2D eigenvalue weighted by atomic mass is 10.1. The fourth-order valence-electron chi connectivity index (χ4n) is 2.54. The van der Waals surface area contributed by atoms with Crippen LogP contribution < -0.4 is 14.8 Å². The van der Waals surface area contributed by atoms with E-state index in [2.05, 4.69) is 5.32 Å². The molecule has 0 unspecified atom stereocenters. The van der Waals surface area contributed by atoms with Crippen molar-refractivity contribution in [3.63, 3.8) is 0 Å². The zero-order valence-electron chi connectivity index (χ0n) is 14.9. The Kier molecular flexibility index (Phi) is 6.05. The van der Waals surface area contributed by atoms with Gasteiger partial charge in [0.1, 0.15) is 23.9 Å². The van der Waals surface area contributed by atoms with Crippen LogP contribution in [-0.4, -0.2) is 13.0 Å². The maximum absolute atomic E-state index is 12.9. The second kappa shape index (κ2) is 8.85. The second-order valence-corrected chi connectivity index (χ2v) is 5.98. The number of nitrogens with one attached hydrogen (secondary N) is 1. The highest BCUT2D eigenvalue weighted by Crippen LogP contribution is 2.16. The standard InChI is InChI=1S/C22H20FNO3/c1-26-20-6-2-4-17(12-20)14-24-22(25)18-5-3-7-21(13-18)27-15-16-8-10-19(23)11-9-16/h2-13H,14-15H2,1H3,(H,24,25). The van der Waals surface area contributed by atoms with Crippen LogP contribution >= 0.6 is 0 Å². The van der Waals surface area contributed by atoms with Crippen molar-refractivity contribution < 1.29 is 18.7 Å². The molecule has 0 atom stereocenters. The average Bonchev–Trinajstić information content (AvgIpc) is 2.72. The van der Waals surface area contributed by atoms with Crippen LogP contribution in [0.2, 0.25) is 0 Å². The molecule has 1 N–H and O–H groups in total. The van der Waals surface area contributed by atoms with Crippen molar-refractivity contribution >= 4 is 5.91 Å². The van der Waals surface area contributed by atoms with Gasteiger partial charge in [0.15, 0.2) is 0 Å². The first-order chi connectivity index (χ1) is 13.1. The fourth-order valence-corrected chi connectivity index (χ4v) is 2.54. The summed E-state index contributed by atoms with van der Waals surface area (Å²) >= 11 is 0. The minimum Gasteiger partial charge on any atom is -0.497 e. The van der Waals surface area contributed by atoms with E-state index in [1.54, 1.807) is 43.5 Å². The van der Waals surface area contributed by atoms with E-state index < -0.39 is 0 Å². The number of methoxy groups -OCH3 is 1. The Morgan fingerprint density at radius 3 is 2.44 bits per heavy atom. The van der Waals surface area contributed by atoms with Crippen LogP contribution in [0, 0.1) is 5.82 Å². The predicted molar refractivity (Wildman–Crippen MR) is 101 cm³/mol. The molecule has 138 valence electrons. The summed E-state index contributed by atoms with van der Waals surface area (Å²) in [6, 6.07) is 20.6. The van der Waals surface area contributed by atoms with Crippen LogP contribution in [0.4, 0.5) is 4.39 Å². The maximum Gasteiger partial charge on any atom is 0.251 e. The quantitative estimate of drug-likeness (QED) is 0.677. The lowest BCUT2D eigenvalue weighted by Gasteiger charge is -2.09. The number of ether oxygens (including phenoxy) is 2. The lowest BCUT2D eigenvalue weighted by Crippen LogP contribution is -2.22. The highest BCUT2D eigenvalue weighted by Gasteiger charge is 2.07. The van der Waals surface area contributed by atoms with Gasteiger partial charge >= 0.3 is 0 Å². The molecule has 5 heteroatoms. The first kappa shape index (κ1) is 18.5. The zero-order valence-corrected chi connectivity index (χ0v) is 14.9. The molecule has 1 amide bonds. The summed E-state index contributed by atoms with van der Waals surface area (Å²) in [6.07, 6.45) is 0. The van der Waals surface area contributed by atoms with Gasteiger partial charge in [0, 0.05) is 12.1 Å². The molecule has 0 spiro atoms. The second-order valence-electron chi connectivity index (χ2n) is 5.98. The third-order valence-electron chi connectivity index (χ3n) is 4.00. The van der Waals surface area contributed by atoms with E-state index in [0.29, 0.717) is 24.5 Å². The molecule has 0 radical (unpaired) electrons. The molecule has 0 aliphatic rings. The zero-order chi connectivity index (χ0) is 19.1. The Balaban J connectivity index is 1.58. The molecule has 0 fully saturated rings. The molecule has 0 saturated heterocycles. The maximum atomic E-state index is 12.9. The van der Waals surface area contributed by atoms with Crippen molar-refractivity contribution in [2.24, 2.45) is 0 Å². The van der Waals surface area contributed by atoms with Gasteiger partial charge < -0.3 is 14.8 Å². The number of rotatable bonds is 7. The van der Waals surface area contributed by atoms with Crippen LogP contribution in [0.1, 0.15) is 21.5 Å². The van der Waals surface area contributed by atoms with Crippen molar-refractivity contribution in [3.05, 3.63) is 95.3 Å². The Labute approximate surface area is 157 Å². The van der Waals surface area contributed by atoms with E-state index in [0.717, 1.165) is 16.9 Å². The molecule has 4 nitrogen and oxygen atoms in total. The van der Waals surface area contributed by atoms with Gasteiger partial charge in [-0.05, 0) is 53.6 Å². The number of carbonyl (C=O) groups is 1. The van der Waals surface area contributed by atoms with Gasteiger partial charge in [-0.1, -0.05) is 30.3 Å². The minimum absolute atomic E-state index is 0.190. The molecule has 0 bridgehead atoms. The van der Waals surface area contributed by atoms with Gasteiger partial charge in [-0.2, -0.15) is 0 Å². The lowest BCUT2D eigenvalue weighted by molar-refractivity contribution is 0.0950. The van der Waals surface area contributed by atoms with Gasteiger partial charge in [0.2, 0.25) is 0 Å². The monoisotopic (exact) mass is 365 g/mol. The number of carbonyl (C=O) groups excluding carboxylic acids is 1. The van der Waals surface area contributed by atoms with Gasteiger partial charge in [-0.15, -0.1) is 0 Å². The summed E-state index contributed by atoms with van der Waals surface area (Å²) in [5, 5.41) is 2.88. The summed E-state index contributed by atoms with van der Waals surface area (Å²) in [6.45, 7) is 0.700. The number of hydrogen-bond donors (Lipinski definition) is 1. The normalized spacial score (nSPS) is 10.3. The fraction of sp³-hybridized carbons (Fsp3) is 0.136. The molecule has 3 aromatic carbocycles. The molecule has 0 aromatic heterocycles. The van der Waals surface area contributed by atoms with Gasteiger partial charge in [0.05, 0.1) is 7.11 Å². The smallest absolute Gasteiger partial charge is 0.251 e. The molecular weight excluding hydrogens is 345 g/mol. The highest BCUT2D eigenvalue weighted by atomic mass is 19.1. The van der Waals surface area contributed by atoms with Crippen molar-refractivity contribution in [2.45, 2.75) is 13.2 Å². The van der Waals surface area contributed by atoms with E-state index in [4.69, 9.17) is 9.47 Å². The van der Waals surface area contributed by atoms with E-state index in [9.17, 15) is 9.18 Å². The molecule has 0 saturated carbocycles. The summed E-state index contributed by atoms with van der Waals surface area (Å²) in [4.78, 5) is 12.4. The predicted octanol–water partition coefficient (Wildman–Crippen LogP) is 4.34. The Hall–Kier alpha value is -3.34. The topological polar surface area (TPSA) is 47.6 Å². The number of halogens is 1. The van der Waals surface area contributed by atoms with Gasteiger partial charge in [-0.25, -0.2) is 4.39 Å². The largest absolute Gasteiger partial charge is 0.497 e. The first-order valence-electron chi connectivity index (χ1n) is 8.52. The Bertz CT molecular complexity index is 909. The number of amides is 1. The molecule has 3 aromatic rings. The SMILES string of the molecule is COc1cccc(CNC(=O)c2cccc(OCc3ccc(F)cc3)c2)c1. The van der Waals surface area contributed by atoms with E-state index >= 15 is 0 Å². The summed E-state index contributed by atoms with van der Waals surface area (Å²) < 4.78 is 23.8. The van der Waals surface area contributed by atoms with Crippen LogP contribution in [0.25, 0.3) is 0 Å². The van der Waals surface area contributed by atoms with Crippen LogP contribution in [0.15, 0.2) is 72.8 Å². The molecule has 0 heterocycles. The van der Waals surface area contributed by atoms with Crippen molar-refractivity contribution in [1.82, 2.24) is 5.32 Å². The molecule has 0 aliphatic heterocycles. The third-order valence-corrected chi connectivity index (χ3v) is 4.00. The van der Waals surface area contributed by atoms with E-state index in [1.807, 2.05) is 24.3 Å². The summed E-state index contributed by atoms with van der Waals surface area (Å²) in [5.41, 5.74) is 2.31. The van der Waals surface area contributed by atoms with Crippen LogP contribution in [-0.2, 0) is 13.2 Å². The Morgan fingerprint density at radius 1 is 0.926 bits per heavy atom. The molecule has 0 aliphatic carbocycles. The minimum atomic E-state index is -0.284. The first-order valence-corrected chi connectivity index (χ1v) is 8.52. The molecular formula is C22H20FNO3. The van der Waals surface area contributed by atoms with E-state index in [1.165, 1.54) is 12.1 Å². The van der Waals surface area contributed by atoms with Gasteiger partial charge in [-0.3, -0.25) is 4.79 Å². The third kappa shape index (κ3) is 5.31.